The number of rotatable bonds is 1. The molecule has 3 aliphatic carbocycles. The molecule has 0 aliphatic heterocycles. The summed E-state index contributed by atoms with van der Waals surface area (Å²) in [4.78, 5) is 0. The molecule has 3 saturated carbocycles. The lowest BCUT2D eigenvalue weighted by atomic mass is 9.47. The molecule has 0 heterocycles. The third-order valence-corrected chi connectivity index (χ3v) is 7.29. The highest BCUT2D eigenvalue weighted by Crippen LogP contribution is 2.60. The quantitative estimate of drug-likeness (QED) is 0.551. The lowest BCUT2D eigenvalue weighted by Crippen LogP contribution is -2.50. The molecule has 3 rings (SSSR count). The Labute approximate surface area is 120 Å². The standard InChI is InChI=1S/C19H34/c1-5-17-16-11-10-14-8-6-7-9-15(14)18(16)13(2)12-19(17,3)4/h13-18H,5-12H2,1-4H3. The van der Waals surface area contributed by atoms with Gasteiger partial charge in [-0.15, -0.1) is 0 Å². The first-order valence-corrected chi connectivity index (χ1v) is 9.04. The summed E-state index contributed by atoms with van der Waals surface area (Å²) in [6.45, 7) is 10.1. The lowest BCUT2D eigenvalue weighted by molar-refractivity contribution is -0.0886. The maximum atomic E-state index is 2.59. The third kappa shape index (κ3) is 2.28. The van der Waals surface area contributed by atoms with E-state index in [1.807, 2.05) is 0 Å². The van der Waals surface area contributed by atoms with Gasteiger partial charge >= 0.3 is 0 Å². The zero-order valence-electron chi connectivity index (χ0n) is 13.6. The first-order valence-electron chi connectivity index (χ1n) is 9.04. The van der Waals surface area contributed by atoms with Gasteiger partial charge in [-0.1, -0.05) is 53.4 Å². The van der Waals surface area contributed by atoms with Crippen molar-refractivity contribution in [3.63, 3.8) is 0 Å². The monoisotopic (exact) mass is 262 g/mol. The van der Waals surface area contributed by atoms with Crippen LogP contribution in [0, 0.1) is 40.9 Å². The molecule has 0 amide bonds. The Morgan fingerprint density at radius 1 is 0.947 bits per heavy atom. The fourth-order valence-electron chi connectivity index (χ4n) is 6.88. The minimum absolute atomic E-state index is 0.594. The van der Waals surface area contributed by atoms with Crippen LogP contribution in [0.5, 0.6) is 0 Å². The molecule has 0 saturated heterocycles. The second-order valence-electron chi connectivity index (χ2n) is 8.71. The smallest absolute Gasteiger partial charge is 0.0321 e. The predicted molar refractivity (Wildman–Crippen MR) is 83.0 cm³/mol. The van der Waals surface area contributed by atoms with Crippen molar-refractivity contribution in [3.8, 4) is 0 Å². The summed E-state index contributed by atoms with van der Waals surface area (Å²) in [7, 11) is 0. The Hall–Kier alpha value is 0. The van der Waals surface area contributed by atoms with E-state index in [4.69, 9.17) is 0 Å². The van der Waals surface area contributed by atoms with E-state index in [-0.39, 0.29) is 0 Å². The molecule has 0 aromatic heterocycles. The highest BCUT2D eigenvalue weighted by molar-refractivity contribution is 5.01. The maximum Gasteiger partial charge on any atom is -0.0321 e. The highest BCUT2D eigenvalue weighted by atomic mass is 14.6. The molecule has 6 unspecified atom stereocenters. The van der Waals surface area contributed by atoms with E-state index in [1.165, 1.54) is 25.7 Å². The average molecular weight is 262 g/mol. The largest absolute Gasteiger partial charge is 0.0651 e. The summed E-state index contributed by atoms with van der Waals surface area (Å²) in [5, 5.41) is 0. The molecule has 0 radical (unpaired) electrons. The average Bonchev–Trinajstić information content (AvgIpc) is 2.37. The Morgan fingerprint density at radius 3 is 2.42 bits per heavy atom. The van der Waals surface area contributed by atoms with E-state index >= 15 is 0 Å². The SMILES string of the molecule is CCC1C2CCC3CCCCC3C2C(C)CC1(C)C. The van der Waals surface area contributed by atoms with Crippen LogP contribution in [0.2, 0.25) is 0 Å². The lowest BCUT2D eigenvalue weighted by Gasteiger charge is -2.58. The van der Waals surface area contributed by atoms with Crippen molar-refractivity contribution < 1.29 is 0 Å². The van der Waals surface area contributed by atoms with Crippen LogP contribution < -0.4 is 0 Å². The van der Waals surface area contributed by atoms with Crippen molar-refractivity contribution in [3.05, 3.63) is 0 Å². The Morgan fingerprint density at radius 2 is 1.68 bits per heavy atom. The summed E-state index contributed by atoms with van der Waals surface area (Å²) < 4.78 is 0. The molecule has 3 fully saturated rings. The van der Waals surface area contributed by atoms with Gasteiger partial charge in [0, 0.05) is 0 Å². The fraction of sp³-hybridized carbons (Fsp3) is 1.00. The minimum Gasteiger partial charge on any atom is -0.0651 e. The molecular weight excluding hydrogens is 228 g/mol. The van der Waals surface area contributed by atoms with Crippen molar-refractivity contribution in [2.24, 2.45) is 40.9 Å². The Kier molecular flexibility index (Phi) is 3.73. The van der Waals surface area contributed by atoms with Gasteiger partial charge in [-0.2, -0.15) is 0 Å². The summed E-state index contributed by atoms with van der Waals surface area (Å²) >= 11 is 0. The van der Waals surface area contributed by atoms with Crippen molar-refractivity contribution in [2.75, 3.05) is 0 Å². The molecule has 0 nitrogen and oxygen atoms in total. The van der Waals surface area contributed by atoms with Crippen LogP contribution in [0.25, 0.3) is 0 Å². The van der Waals surface area contributed by atoms with Gasteiger partial charge in [0.25, 0.3) is 0 Å². The Bertz CT molecular complexity index is 316. The van der Waals surface area contributed by atoms with E-state index in [1.54, 1.807) is 25.7 Å². The van der Waals surface area contributed by atoms with Gasteiger partial charge in [0.1, 0.15) is 0 Å². The molecule has 0 spiro atoms. The van der Waals surface area contributed by atoms with E-state index < -0.39 is 0 Å². The number of fused-ring (bicyclic) bond motifs is 3. The summed E-state index contributed by atoms with van der Waals surface area (Å²) in [5.74, 6) is 6.33. The minimum atomic E-state index is 0.594. The van der Waals surface area contributed by atoms with Crippen LogP contribution in [0.15, 0.2) is 0 Å². The highest BCUT2D eigenvalue weighted by Gasteiger charge is 2.51. The van der Waals surface area contributed by atoms with Crippen LogP contribution in [0.3, 0.4) is 0 Å². The molecule has 19 heavy (non-hydrogen) atoms. The van der Waals surface area contributed by atoms with Gasteiger partial charge in [0.15, 0.2) is 0 Å². The van der Waals surface area contributed by atoms with Gasteiger partial charge in [0.2, 0.25) is 0 Å². The van der Waals surface area contributed by atoms with E-state index in [2.05, 4.69) is 27.7 Å². The zero-order valence-corrected chi connectivity index (χ0v) is 13.6. The molecule has 6 atom stereocenters. The summed E-state index contributed by atoms with van der Waals surface area (Å²) in [6, 6.07) is 0. The van der Waals surface area contributed by atoms with Crippen LogP contribution in [0.1, 0.15) is 79.1 Å². The van der Waals surface area contributed by atoms with E-state index in [0.29, 0.717) is 5.41 Å². The molecule has 0 heteroatoms. The van der Waals surface area contributed by atoms with Gasteiger partial charge in [-0.25, -0.2) is 0 Å². The summed E-state index contributed by atoms with van der Waals surface area (Å²) in [6.07, 6.45) is 12.2. The maximum absolute atomic E-state index is 2.59. The number of hydrogen-bond donors (Lipinski definition) is 0. The predicted octanol–water partition coefficient (Wildman–Crippen LogP) is 5.91. The van der Waals surface area contributed by atoms with Gasteiger partial charge in [-0.05, 0) is 66.6 Å². The molecule has 3 aliphatic rings. The van der Waals surface area contributed by atoms with Crippen molar-refractivity contribution in [1.29, 1.82) is 0 Å². The first kappa shape index (κ1) is 14.0. The molecule has 0 bridgehead atoms. The molecule has 0 aromatic rings. The fourth-order valence-corrected chi connectivity index (χ4v) is 6.88. The topological polar surface area (TPSA) is 0 Å². The normalized spacial score (nSPS) is 49.3. The van der Waals surface area contributed by atoms with Crippen LogP contribution in [0.4, 0.5) is 0 Å². The van der Waals surface area contributed by atoms with Crippen molar-refractivity contribution in [2.45, 2.75) is 79.1 Å². The molecule has 0 N–H and O–H groups in total. The molecule has 110 valence electrons. The molecular formula is C19H34. The third-order valence-electron chi connectivity index (χ3n) is 7.29. The van der Waals surface area contributed by atoms with Crippen LogP contribution in [-0.4, -0.2) is 0 Å². The van der Waals surface area contributed by atoms with Crippen molar-refractivity contribution in [1.82, 2.24) is 0 Å². The van der Waals surface area contributed by atoms with Crippen molar-refractivity contribution >= 4 is 0 Å². The van der Waals surface area contributed by atoms with Crippen LogP contribution in [-0.2, 0) is 0 Å². The van der Waals surface area contributed by atoms with Gasteiger partial charge in [0.05, 0.1) is 0 Å². The van der Waals surface area contributed by atoms with Gasteiger partial charge in [-0.3, -0.25) is 0 Å². The number of hydrogen-bond acceptors (Lipinski definition) is 0. The first-order chi connectivity index (χ1) is 9.04. The zero-order chi connectivity index (χ0) is 13.6. The molecule has 0 aromatic carbocycles. The second kappa shape index (κ2) is 5.08. The van der Waals surface area contributed by atoms with E-state index in [9.17, 15) is 0 Å². The Balaban J connectivity index is 1.87. The van der Waals surface area contributed by atoms with E-state index in [0.717, 1.165) is 35.5 Å². The van der Waals surface area contributed by atoms with Crippen LogP contribution >= 0.6 is 0 Å². The van der Waals surface area contributed by atoms with Gasteiger partial charge < -0.3 is 0 Å². The summed E-state index contributed by atoms with van der Waals surface area (Å²) in [5.41, 5.74) is 0.594. The second-order valence-corrected chi connectivity index (χ2v) is 8.71.